The Hall–Kier alpha value is -13.0. The van der Waals surface area contributed by atoms with Gasteiger partial charge in [0.05, 0.1) is 67.6 Å². The number of benzene rings is 12. The van der Waals surface area contributed by atoms with Gasteiger partial charge in [0.2, 0.25) is 0 Å². The molecule has 18 aromatic rings. The van der Waals surface area contributed by atoms with E-state index in [4.69, 9.17) is 39.9 Å². The fourth-order valence-corrected chi connectivity index (χ4v) is 12.7. The summed E-state index contributed by atoms with van der Waals surface area (Å²) in [7, 11) is 0. The molecule has 8 heteroatoms. The van der Waals surface area contributed by atoms with Crippen molar-refractivity contribution < 1.29 is 0 Å². The molecule has 448 valence electrons. The van der Waals surface area contributed by atoms with E-state index < -0.39 is 0 Å². The van der Waals surface area contributed by atoms with Crippen LogP contribution >= 0.6 is 0 Å². The van der Waals surface area contributed by atoms with E-state index in [9.17, 15) is 0 Å². The molecule has 0 bridgehead atoms. The van der Waals surface area contributed by atoms with Gasteiger partial charge in [-0.05, 0) is 123 Å². The van der Waals surface area contributed by atoms with E-state index >= 15 is 0 Å². The number of hydrogen-bond donors (Lipinski definition) is 0. The highest BCUT2D eigenvalue weighted by Crippen LogP contribution is 2.36. The number of fused-ring (bicyclic) bond motifs is 6. The molecule has 0 aliphatic rings. The van der Waals surface area contributed by atoms with E-state index in [1.54, 1.807) is 0 Å². The Labute approximate surface area is 554 Å². The van der Waals surface area contributed by atoms with E-state index in [-0.39, 0.29) is 0 Å². The van der Waals surface area contributed by atoms with Crippen molar-refractivity contribution >= 4 is 65.2 Å². The number of nitrogens with zero attached hydrogens (tertiary/aromatic N) is 8. The summed E-state index contributed by atoms with van der Waals surface area (Å²) in [5, 5.41) is 9.22. The Morgan fingerprint density at radius 2 is 0.510 bits per heavy atom. The monoisotopic (exact) mass is 1220 g/mol. The Kier molecular flexibility index (Phi) is 14.7. The van der Waals surface area contributed by atoms with Crippen LogP contribution in [0.4, 0.5) is 0 Å². The van der Waals surface area contributed by atoms with Crippen molar-refractivity contribution in [2.75, 3.05) is 0 Å². The molecule has 0 spiro atoms. The highest BCUT2D eigenvalue weighted by molar-refractivity contribution is 5.98. The summed E-state index contributed by atoms with van der Waals surface area (Å²) in [6.45, 7) is 0. The summed E-state index contributed by atoms with van der Waals surface area (Å²) in [5.74, 6) is 1.35. The first-order valence-electron chi connectivity index (χ1n) is 32.1. The number of hydrogen-bond acceptors (Lipinski definition) is 8. The maximum Gasteiger partial charge on any atom is 0.160 e. The Morgan fingerprint density at radius 3 is 1.06 bits per heavy atom. The predicted octanol–water partition coefficient (Wildman–Crippen LogP) is 22.1. The van der Waals surface area contributed by atoms with Crippen LogP contribution in [-0.4, -0.2) is 39.9 Å². The van der Waals surface area contributed by atoms with Crippen molar-refractivity contribution in [1.82, 2.24) is 39.9 Å². The fourth-order valence-electron chi connectivity index (χ4n) is 12.7. The van der Waals surface area contributed by atoms with Gasteiger partial charge >= 0.3 is 0 Å². The average molecular weight is 1230 g/mol. The molecule has 6 heterocycles. The van der Waals surface area contributed by atoms with E-state index in [0.29, 0.717) is 11.6 Å². The molecular weight excluding hydrogens is 1170 g/mol. The molecule has 0 aliphatic carbocycles. The molecule has 0 atom stereocenters. The van der Waals surface area contributed by atoms with Crippen LogP contribution < -0.4 is 0 Å². The van der Waals surface area contributed by atoms with Gasteiger partial charge in [-0.2, -0.15) is 0 Å². The van der Waals surface area contributed by atoms with Crippen LogP contribution in [0.5, 0.6) is 0 Å². The lowest BCUT2D eigenvalue weighted by molar-refractivity contribution is 1.17. The molecule has 0 amide bonds. The van der Waals surface area contributed by atoms with Crippen LogP contribution in [-0.2, 0) is 0 Å². The molecule has 0 saturated heterocycles. The number of pyridine rings is 4. The van der Waals surface area contributed by atoms with E-state index in [1.807, 2.05) is 121 Å². The highest BCUT2D eigenvalue weighted by Gasteiger charge is 2.16. The molecule has 96 heavy (non-hydrogen) atoms. The molecule has 8 nitrogen and oxygen atoms in total. The normalized spacial score (nSPS) is 11.3. The van der Waals surface area contributed by atoms with Crippen LogP contribution in [0.1, 0.15) is 0 Å². The highest BCUT2D eigenvalue weighted by atomic mass is 14.9. The largest absolute Gasteiger partial charge is 0.248 e. The second kappa shape index (κ2) is 24.9. The topological polar surface area (TPSA) is 103 Å². The minimum Gasteiger partial charge on any atom is -0.248 e. The van der Waals surface area contributed by atoms with Crippen molar-refractivity contribution in [2.45, 2.75) is 0 Å². The lowest BCUT2D eigenvalue weighted by Crippen LogP contribution is -1.97. The van der Waals surface area contributed by atoms with Crippen molar-refractivity contribution in [3.8, 4) is 113 Å². The lowest BCUT2D eigenvalue weighted by Gasteiger charge is -2.10. The lowest BCUT2D eigenvalue weighted by atomic mass is 9.99. The van der Waals surface area contributed by atoms with E-state index in [0.717, 1.165) is 145 Å². The van der Waals surface area contributed by atoms with Crippen molar-refractivity contribution in [2.24, 2.45) is 0 Å². The first-order chi connectivity index (χ1) is 47.5. The standard InChI is InChI=1S/2C44H28N4/c1-3-11-30(12-4-1)42-28-43(48-44(47-42)32-13-5-2-6-14-32)40-25-20-31-18-19-34(27-41(31)46-40)33-21-23-38-35(26-33)22-24-39(45-38)37-17-9-15-29-10-7-8-16-36(29)37;1-3-10-30(11-4-1)42-28-43(48-44(47-42)32-12-5-2-6-13-32)40-24-19-31-16-17-35(27-41(31)46-40)34-20-22-38-37(26-34)21-23-39(45-38)36-18-15-29-9-7-8-14-33(29)25-36/h2*1-28H. The van der Waals surface area contributed by atoms with Crippen LogP contribution in [0.15, 0.2) is 340 Å². The van der Waals surface area contributed by atoms with Gasteiger partial charge in [-0.15, -0.1) is 0 Å². The molecule has 18 rings (SSSR count). The van der Waals surface area contributed by atoms with Gasteiger partial charge in [-0.1, -0.05) is 261 Å². The second-order valence-electron chi connectivity index (χ2n) is 23.9. The van der Waals surface area contributed by atoms with Crippen LogP contribution in [0.25, 0.3) is 178 Å². The zero-order valence-corrected chi connectivity index (χ0v) is 51.9. The number of rotatable bonds is 10. The Morgan fingerprint density at radius 1 is 0.146 bits per heavy atom. The van der Waals surface area contributed by atoms with Crippen molar-refractivity contribution in [1.29, 1.82) is 0 Å². The maximum absolute atomic E-state index is 5.13. The summed E-state index contributed by atoms with van der Waals surface area (Å²) in [6, 6.07) is 117. The van der Waals surface area contributed by atoms with Crippen molar-refractivity contribution in [3.63, 3.8) is 0 Å². The van der Waals surface area contributed by atoms with Gasteiger partial charge in [0.25, 0.3) is 0 Å². The van der Waals surface area contributed by atoms with Gasteiger partial charge in [0.1, 0.15) is 0 Å². The smallest absolute Gasteiger partial charge is 0.160 e. The second-order valence-corrected chi connectivity index (χ2v) is 23.9. The third-order valence-corrected chi connectivity index (χ3v) is 17.7. The Balaban J connectivity index is 0.000000145. The van der Waals surface area contributed by atoms with Crippen LogP contribution in [0, 0.1) is 0 Å². The van der Waals surface area contributed by atoms with Crippen LogP contribution in [0.3, 0.4) is 0 Å². The summed E-state index contributed by atoms with van der Waals surface area (Å²) in [4.78, 5) is 40.2. The van der Waals surface area contributed by atoms with E-state index in [2.05, 4.69) is 218 Å². The van der Waals surface area contributed by atoms with Crippen LogP contribution in [0.2, 0.25) is 0 Å². The summed E-state index contributed by atoms with van der Waals surface area (Å²) < 4.78 is 0. The average Bonchev–Trinajstić information content (AvgIpc) is 0.853. The van der Waals surface area contributed by atoms with Crippen molar-refractivity contribution in [3.05, 3.63) is 340 Å². The van der Waals surface area contributed by atoms with Gasteiger partial charge in [0, 0.05) is 54.9 Å². The number of aromatic nitrogens is 8. The van der Waals surface area contributed by atoms with Gasteiger partial charge in [0.15, 0.2) is 11.6 Å². The molecule has 0 aliphatic heterocycles. The molecule has 0 N–H and O–H groups in total. The third-order valence-electron chi connectivity index (χ3n) is 17.7. The molecule has 12 aromatic carbocycles. The maximum atomic E-state index is 5.13. The molecule has 0 saturated carbocycles. The van der Waals surface area contributed by atoms with Gasteiger partial charge < -0.3 is 0 Å². The first-order valence-corrected chi connectivity index (χ1v) is 32.1. The molecular formula is C88H56N8. The summed E-state index contributed by atoms with van der Waals surface area (Å²) >= 11 is 0. The fraction of sp³-hybridized carbons (Fsp3) is 0. The quantitative estimate of drug-likeness (QED) is 0.133. The minimum absolute atomic E-state index is 0.677. The molecule has 0 fully saturated rings. The minimum atomic E-state index is 0.677. The Bertz CT molecular complexity index is 5840. The zero-order valence-electron chi connectivity index (χ0n) is 51.9. The van der Waals surface area contributed by atoms with E-state index in [1.165, 1.54) is 21.5 Å². The first kappa shape index (κ1) is 56.9. The summed E-state index contributed by atoms with van der Waals surface area (Å²) in [5.41, 5.74) is 21.3. The summed E-state index contributed by atoms with van der Waals surface area (Å²) in [6.07, 6.45) is 0. The molecule has 0 unspecified atom stereocenters. The van der Waals surface area contributed by atoms with Gasteiger partial charge in [-0.3, -0.25) is 0 Å². The SMILES string of the molecule is c1ccc(-c2cc(-c3ccc4ccc(-c5ccc6nc(-c7ccc8ccccc8c7)ccc6c5)cc4n3)nc(-c3ccccc3)n2)cc1.c1ccc(-c2cc(-c3ccc4ccc(-c5ccc6nc(-c7cccc8ccccc78)ccc6c5)cc4n3)nc(-c3ccccc3)n2)cc1. The zero-order chi connectivity index (χ0) is 63.7. The predicted molar refractivity (Wildman–Crippen MR) is 395 cm³/mol. The molecule has 0 radical (unpaired) electrons. The molecule has 6 aromatic heterocycles. The van der Waals surface area contributed by atoms with Gasteiger partial charge in [-0.25, -0.2) is 39.9 Å². The third kappa shape index (κ3) is 11.5.